The Kier molecular flexibility index (Phi) is 11.8. The monoisotopic (exact) mass is 436 g/mol. The third kappa shape index (κ3) is 7.85. The van der Waals surface area contributed by atoms with Crippen LogP contribution in [0.2, 0.25) is 0 Å². The zero-order valence-electron chi connectivity index (χ0n) is 14.6. The number of benzene rings is 1. The summed E-state index contributed by atoms with van der Waals surface area (Å²) >= 11 is 0. The third-order valence-electron chi connectivity index (χ3n) is 3.39. The van der Waals surface area contributed by atoms with Crippen molar-refractivity contribution in [2.45, 2.75) is 6.04 Å². The molecule has 132 valence electrons. The molecule has 0 spiro atoms. The van der Waals surface area contributed by atoms with E-state index in [2.05, 4.69) is 46.8 Å². The van der Waals surface area contributed by atoms with E-state index in [9.17, 15) is 0 Å². The number of nitrogens with zero attached hydrogens (tertiary/aromatic N) is 2. The second kappa shape index (κ2) is 12.4. The molecule has 7 heteroatoms. The van der Waals surface area contributed by atoms with Crippen molar-refractivity contribution in [1.29, 1.82) is 0 Å². The molecule has 0 fully saturated rings. The van der Waals surface area contributed by atoms with Gasteiger partial charge >= 0.3 is 0 Å². The molecule has 1 aromatic rings. The van der Waals surface area contributed by atoms with E-state index >= 15 is 0 Å². The number of methoxy groups -OCH3 is 2. The number of likely N-dealkylation sites (N-methyl/N-ethyl adjacent to an activating group) is 1. The SMILES string of the molecule is CN=C(NCCOC)NCC(c1cccc(OC)c1)N(C)C.I. The molecule has 1 rings (SSSR count). The number of guanidine groups is 1. The van der Waals surface area contributed by atoms with Gasteiger partial charge in [0.2, 0.25) is 0 Å². The molecule has 0 saturated carbocycles. The van der Waals surface area contributed by atoms with Crippen LogP contribution in [0, 0.1) is 0 Å². The quantitative estimate of drug-likeness (QED) is 0.282. The number of hydrogen-bond acceptors (Lipinski definition) is 4. The van der Waals surface area contributed by atoms with Crippen molar-refractivity contribution in [3.63, 3.8) is 0 Å². The Hall–Kier alpha value is -1.06. The van der Waals surface area contributed by atoms with Crippen LogP contribution in [0.4, 0.5) is 0 Å². The van der Waals surface area contributed by atoms with E-state index in [1.165, 1.54) is 5.56 Å². The maximum Gasteiger partial charge on any atom is 0.191 e. The first kappa shape index (κ1) is 21.9. The fourth-order valence-corrected chi connectivity index (χ4v) is 2.13. The second-order valence-corrected chi connectivity index (χ2v) is 5.13. The van der Waals surface area contributed by atoms with Crippen LogP contribution in [-0.2, 0) is 4.74 Å². The van der Waals surface area contributed by atoms with Crippen molar-refractivity contribution in [2.24, 2.45) is 4.99 Å². The average Bonchev–Trinajstić information content (AvgIpc) is 2.53. The molecule has 0 aliphatic rings. The molecule has 1 aromatic carbocycles. The van der Waals surface area contributed by atoms with Crippen molar-refractivity contribution in [2.75, 3.05) is 55.1 Å². The summed E-state index contributed by atoms with van der Waals surface area (Å²) in [5.41, 5.74) is 1.20. The standard InChI is InChI=1S/C16H28N4O2.HI/c1-17-16(18-9-10-21-4)19-12-15(20(2)3)13-7-6-8-14(11-13)22-5;/h6-8,11,15H,9-10,12H2,1-5H3,(H2,17,18,19);1H. The lowest BCUT2D eigenvalue weighted by Crippen LogP contribution is -2.42. The van der Waals surface area contributed by atoms with Crippen molar-refractivity contribution >= 4 is 29.9 Å². The van der Waals surface area contributed by atoms with Gasteiger partial charge in [-0.2, -0.15) is 0 Å². The lowest BCUT2D eigenvalue weighted by molar-refractivity contribution is 0.203. The fraction of sp³-hybridized carbons (Fsp3) is 0.562. The van der Waals surface area contributed by atoms with Gasteiger partial charge in [-0.25, -0.2) is 0 Å². The first-order valence-corrected chi connectivity index (χ1v) is 7.36. The predicted molar refractivity (Wildman–Crippen MR) is 106 cm³/mol. The summed E-state index contributed by atoms with van der Waals surface area (Å²) < 4.78 is 10.3. The number of ether oxygens (including phenoxy) is 2. The Bertz CT molecular complexity index is 469. The molecule has 0 saturated heterocycles. The lowest BCUT2D eigenvalue weighted by Gasteiger charge is -2.26. The minimum absolute atomic E-state index is 0. The van der Waals surface area contributed by atoms with E-state index in [0.717, 1.165) is 24.8 Å². The summed E-state index contributed by atoms with van der Waals surface area (Å²) in [5, 5.41) is 6.56. The fourth-order valence-electron chi connectivity index (χ4n) is 2.13. The van der Waals surface area contributed by atoms with Gasteiger partial charge in [-0.1, -0.05) is 12.1 Å². The molecule has 0 radical (unpaired) electrons. The highest BCUT2D eigenvalue weighted by Crippen LogP contribution is 2.21. The molecule has 0 aliphatic carbocycles. The number of nitrogens with one attached hydrogen (secondary N) is 2. The van der Waals surface area contributed by atoms with Gasteiger partial charge in [-0.3, -0.25) is 4.99 Å². The molecule has 1 unspecified atom stereocenters. The summed E-state index contributed by atoms with van der Waals surface area (Å²) in [6.45, 7) is 2.11. The number of halogens is 1. The van der Waals surface area contributed by atoms with Crippen LogP contribution in [0.15, 0.2) is 29.3 Å². The maximum atomic E-state index is 5.31. The van der Waals surface area contributed by atoms with E-state index in [1.807, 2.05) is 12.1 Å². The number of hydrogen-bond donors (Lipinski definition) is 2. The van der Waals surface area contributed by atoms with Crippen LogP contribution in [0.5, 0.6) is 5.75 Å². The smallest absolute Gasteiger partial charge is 0.191 e. The molecule has 0 bridgehead atoms. The summed E-state index contributed by atoms with van der Waals surface area (Å²) in [4.78, 5) is 6.39. The predicted octanol–water partition coefficient (Wildman–Crippen LogP) is 1.73. The summed E-state index contributed by atoms with van der Waals surface area (Å²) in [6.07, 6.45) is 0. The van der Waals surface area contributed by atoms with Crippen LogP contribution < -0.4 is 15.4 Å². The molecular weight excluding hydrogens is 407 g/mol. The molecule has 0 aliphatic heterocycles. The Morgan fingerprint density at radius 1 is 1.26 bits per heavy atom. The molecule has 0 heterocycles. The summed E-state index contributed by atoms with van der Waals surface area (Å²) in [7, 11) is 9.25. The molecule has 1 atom stereocenters. The van der Waals surface area contributed by atoms with Crippen LogP contribution in [-0.4, -0.2) is 65.9 Å². The number of rotatable bonds is 8. The van der Waals surface area contributed by atoms with Crippen LogP contribution in [0.25, 0.3) is 0 Å². The van der Waals surface area contributed by atoms with Gasteiger partial charge in [0, 0.05) is 27.2 Å². The minimum Gasteiger partial charge on any atom is -0.497 e. The molecule has 0 aromatic heterocycles. The van der Waals surface area contributed by atoms with Gasteiger partial charge in [-0.15, -0.1) is 24.0 Å². The molecule has 0 amide bonds. The van der Waals surface area contributed by atoms with Gasteiger partial charge in [0.1, 0.15) is 5.75 Å². The van der Waals surface area contributed by atoms with Crippen molar-refractivity contribution in [3.8, 4) is 5.75 Å². The molecule has 23 heavy (non-hydrogen) atoms. The molecular formula is C16H29IN4O2. The van der Waals surface area contributed by atoms with Gasteiger partial charge in [0.15, 0.2) is 5.96 Å². The highest BCUT2D eigenvalue weighted by molar-refractivity contribution is 14.0. The topological polar surface area (TPSA) is 58.1 Å². The van der Waals surface area contributed by atoms with E-state index in [4.69, 9.17) is 9.47 Å². The largest absolute Gasteiger partial charge is 0.497 e. The maximum absolute atomic E-state index is 5.31. The average molecular weight is 436 g/mol. The Balaban J connectivity index is 0.00000484. The van der Waals surface area contributed by atoms with E-state index in [1.54, 1.807) is 21.3 Å². The number of aliphatic imine (C=N–C) groups is 1. The Morgan fingerprint density at radius 2 is 2.00 bits per heavy atom. The zero-order chi connectivity index (χ0) is 16.4. The Morgan fingerprint density at radius 3 is 2.57 bits per heavy atom. The van der Waals surface area contributed by atoms with E-state index in [0.29, 0.717) is 6.61 Å². The van der Waals surface area contributed by atoms with Crippen LogP contribution in [0.1, 0.15) is 11.6 Å². The molecule has 2 N–H and O–H groups in total. The van der Waals surface area contributed by atoms with Crippen LogP contribution in [0.3, 0.4) is 0 Å². The second-order valence-electron chi connectivity index (χ2n) is 5.13. The van der Waals surface area contributed by atoms with Crippen molar-refractivity contribution in [3.05, 3.63) is 29.8 Å². The Labute approximate surface area is 156 Å². The highest BCUT2D eigenvalue weighted by Gasteiger charge is 2.15. The minimum atomic E-state index is 0. The third-order valence-corrected chi connectivity index (χ3v) is 3.39. The zero-order valence-corrected chi connectivity index (χ0v) is 17.0. The van der Waals surface area contributed by atoms with Crippen LogP contribution >= 0.6 is 24.0 Å². The first-order valence-electron chi connectivity index (χ1n) is 7.36. The molecule has 6 nitrogen and oxygen atoms in total. The summed E-state index contributed by atoms with van der Waals surface area (Å²) in [6, 6.07) is 8.35. The van der Waals surface area contributed by atoms with Gasteiger partial charge in [-0.05, 0) is 31.8 Å². The van der Waals surface area contributed by atoms with Crippen molar-refractivity contribution < 1.29 is 9.47 Å². The van der Waals surface area contributed by atoms with Gasteiger partial charge in [0.25, 0.3) is 0 Å². The normalized spacial score (nSPS) is 12.5. The highest BCUT2D eigenvalue weighted by atomic mass is 127. The first-order chi connectivity index (χ1) is 10.6. The summed E-state index contributed by atoms with van der Waals surface area (Å²) in [5.74, 6) is 1.64. The van der Waals surface area contributed by atoms with E-state index in [-0.39, 0.29) is 30.0 Å². The van der Waals surface area contributed by atoms with Gasteiger partial charge < -0.3 is 25.0 Å². The van der Waals surface area contributed by atoms with Crippen molar-refractivity contribution in [1.82, 2.24) is 15.5 Å². The lowest BCUT2D eigenvalue weighted by atomic mass is 10.1. The van der Waals surface area contributed by atoms with Gasteiger partial charge in [0.05, 0.1) is 19.8 Å². The van der Waals surface area contributed by atoms with E-state index < -0.39 is 0 Å².